The van der Waals surface area contributed by atoms with Gasteiger partial charge in [-0.15, -0.1) is 0 Å². The van der Waals surface area contributed by atoms with Crippen molar-refractivity contribution in [2.75, 3.05) is 0 Å². The molecule has 1 atom stereocenters. The van der Waals surface area contributed by atoms with Crippen LogP contribution < -0.4 is 0 Å². The zero-order chi connectivity index (χ0) is 12.5. The fourth-order valence-corrected chi connectivity index (χ4v) is 0.860. The lowest BCUT2D eigenvalue weighted by molar-refractivity contribution is -0.242. The summed E-state index contributed by atoms with van der Waals surface area (Å²) in [7, 11) is 0. The number of hydrogen-bond acceptors (Lipinski definition) is 0. The number of allylic oxidation sites excluding steroid dienone is 1. The summed E-state index contributed by atoms with van der Waals surface area (Å²) in [6, 6.07) is 0. The third-order valence-corrected chi connectivity index (χ3v) is 1.64. The van der Waals surface area contributed by atoms with Gasteiger partial charge in [0.05, 0.1) is 0 Å². The lowest BCUT2D eigenvalue weighted by atomic mass is 10.1. The first-order valence-electron chi connectivity index (χ1n) is 3.21. The normalized spacial score (nSPS) is 17.1. The molecule has 15 heavy (non-hydrogen) atoms. The van der Waals surface area contributed by atoms with Gasteiger partial charge in [-0.3, -0.25) is 0 Å². The van der Waals surface area contributed by atoms with E-state index in [1.165, 1.54) is 0 Å². The summed E-state index contributed by atoms with van der Waals surface area (Å²) in [5.74, 6) is -10.8. The molecule has 0 bridgehead atoms. The number of rotatable bonds is 4. The summed E-state index contributed by atoms with van der Waals surface area (Å²) in [4.78, 5) is 0. The highest BCUT2D eigenvalue weighted by atomic mass is 35.5. The molecule has 0 radical (unpaired) electrons. The molecule has 9 heteroatoms. The maximum Gasteiger partial charge on any atom is 0.358 e. The quantitative estimate of drug-likeness (QED) is 0.535. The fourth-order valence-electron chi connectivity index (χ4n) is 0.565. The van der Waals surface area contributed by atoms with Gasteiger partial charge in [-0.2, -0.15) is 26.3 Å². The Labute approximate surface area is 89.6 Å². The van der Waals surface area contributed by atoms with Gasteiger partial charge in [0, 0.05) is 11.6 Å². The van der Waals surface area contributed by atoms with E-state index in [2.05, 4.69) is 23.2 Å². The molecule has 0 aromatic heterocycles. The van der Waals surface area contributed by atoms with Crippen LogP contribution in [0.2, 0.25) is 0 Å². The van der Waals surface area contributed by atoms with Crippen molar-refractivity contribution in [3.63, 3.8) is 0 Å². The van der Waals surface area contributed by atoms with Crippen LogP contribution in [0.25, 0.3) is 0 Å². The Bertz CT molecular complexity index is 244. The maximum absolute atomic E-state index is 12.5. The van der Waals surface area contributed by atoms with Crippen molar-refractivity contribution in [3.8, 4) is 0 Å². The van der Waals surface area contributed by atoms with Gasteiger partial charge in [-0.25, -0.2) is 4.39 Å². The highest BCUT2D eigenvalue weighted by molar-refractivity contribution is 6.25. The molecule has 0 nitrogen and oxygen atoms in total. The van der Waals surface area contributed by atoms with Gasteiger partial charge in [0.2, 0.25) is 6.17 Å². The fraction of sp³-hybridized carbons (Fsp3) is 0.667. The van der Waals surface area contributed by atoms with E-state index in [-0.39, 0.29) is 5.54 Å². The minimum absolute atomic E-state index is 0.0347. The number of halogens is 9. The molecule has 0 aromatic carbocycles. The van der Waals surface area contributed by atoms with E-state index < -0.39 is 29.5 Å². The van der Waals surface area contributed by atoms with Crippen molar-refractivity contribution in [1.29, 1.82) is 0 Å². The van der Waals surface area contributed by atoms with Crippen LogP contribution in [0.3, 0.4) is 0 Å². The molecule has 0 aliphatic rings. The van der Waals surface area contributed by atoms with Crippen molar-refractivity contribution in [3.05, 3.63) is 11.6 Å². The molecule has 1 unspecified atom stereocenters. The SMILES string of the molecule is FC(C(F)(F)Cl)C(F)(F)C(F)(F)C=CCl. The molecule has 0 rings (SSSR count). The second-order valence-electron chi connectivity index (χ2n) is 2.44. The second-order valence-corrected chi connectivity index (χ2v) is 3.20. The van der Waals surface area contributed by atoms with Crippen molar-refractivity contribution in [2.45, 2.75) is 23.4 Å². The van der Waals surface area contributed by atoms with E-state index in [1.807, 2.05) is 0 Å². The summed E-state index contributed by atoms with van der Waals surface area (Å²) in [5.41, 5.74) is -0.0347. The third kappa shape index (κ3) is 3.14. The monoisotopic (exact) mass is 278 g/mol. The van der Waals surface area contributed by atoms with Gasteiger partial charge < -0.3 is 0 Å². The van der Waals surface area contributed by atoms with Crippen LogP contribution in [0.4, 0.5) is 30.7 Å². The van der Waals surface area contributed by atoms with Crippen molar-refractivity contribution in [1.82, 2.24) is 0 Å². The third-order valence-electron chi connectivity index (χ3n) is 1.32. The molecule has 0 amide bonds. The van der Waals surface area contributed by atoms with Crippen LogP contribution in [-0.2, 0) is 0 Å². The van der Waals surface area contributed by atoms with E-state index in [9.17, 15) is 30.7 Å². The standard InChI is InChI=1S/C6H3Cl2F7/c7-2-1-4(10,11)5(12,13)3(9)6(8,14)15/h1-3H. The summed E-state index contributed by atoms with van der Waals surface area (Å²) in [6.45, 7) is 0. The van der Waals surface area contributed by atoms with Crippen molar-refractivity contribution < 1.29 is 30.7 Å². The minimum Gasteiger partial charge on any atom is -0.232 e. The molecule has 0 heterocycles. The Morgan fingerprint density at radius 2 is 1.40 bits per heavy atom. The predicted octanol–water partition coefficient (Wildman–Crippen LogP) is 4.18. The molecule has 0 saturated heterocycles. The molecule has 0 N–H and O–H groups in total. The summed E-state index contributed by atoms with van der Waals surface area (Å²) in [6.07, 6.45) is -5.14. The molecule has 90 valence electrons. The van der Waals surface area contributed by atoms with E-state index >= 15 is 0 Å². The van der Waals surface area contributed by atoms with E-state index in [1.54, 1.807) is 0 Å². The zero-order valence-electron chi connectivity index (χ0n) is 6.63. The Balaban J connectivity index is 5.13. The van der Waals surface area contributed by atoms with Crippen molar-refractivity contribution >= 4 is 23.2 Å². The predicted molar refractivity (Wildman–Crippen MR) is 40.6 cm³/mol. The Morgan fingerprint density at radius 3 is 1.67 bits per heavy atom. The molecular formula is C6H3Cl2F7. The van der Waals surface area contributed by atoms with Gasteiger partial charge in [0.1, 0.15) is 0 Å². The average molecular weight is 279 g/mol. The van der Waals surface area contributed by atoms with Gasteiger partial charge >= 0.3 is 17.2 Å². The second kappa shape index (κ2) is 4.37. The van der Waals surface area contributed by atoms with Gasteiger partial charge in [-0.1, -0.05) is 11.6 Å². The lowest BCUT2D eigenvalue weighted by Gasteiger charge is -2.28. The summed E-state index contributed by atoms with van der Waals surface area (Å²) >= 11 is 8.47. The molecule has 0 fully saturated rings. The van der Waals surface area contributed by atoms with Crippen LogP contribution in [-0.4, -0.2) is 23.4 Å². The topological polar surface area (TPSA) is 0 Å². The first-order valence-corrected chi connectivity index (χ1v) is 4.02. The average Bonchev–Trinajstić information content (AvgIpc) is 2.00. The largest absolute Gasteiger partial charge is 0.358 e. The molecule has 0 spiro atoms. The van der Waals surface area contributed by atoms with Crippen molar-refractivity contribution in [2.24, 2.45) is 0 Å². The summed E-state index contributed by atoms with van der Waals surface area (Å²) < 4.78 is 85.9. The zero-order valence-corrected chi connectivity index (χ0v) is 8.15. The smallest absolute Gasteiger partial charge is 0.232 e. The van der Waals surface area contributed by atoms with Crippen LogP contribution in [0.5, 0.6) is 0 Å². The first kappa shape index (κ1) is 14.8. The Morgan fingerprint density at radius 1 is 1.00 bits per heavy atom. The Hall–Kier alpha value is -0.170. The van der Waals surface area contributed by atoms with Gasteiger partial charge in [0.15, 0.2) is 0 Å². The maximum atomic E-state index is 12.5. The molecular weight excluding hydrogens is 276 g/mol. The Kier molecular flexibility index (Phi) is 4.32. The highest BCUT2D eigenvalue weighted by Gasteiger charge is 2.67. The summed E-state index contributed by atoms with van der Waals surface area (Å²) in [5, 5.41) is -5.10. The van der Waals surface area contributed by atoms with Crippen LogP contribution in [0.15, 0.2) is 11.6 Å². The molecule has 0 aromatic rings. The number of hydrogen-bond donors (Lipinski definition) is 0. The van der Waals surface area contributed by atoms with E-state index in [0.717, 1.165) is 0 Å². The molecule has 0 aliphatic heterocycles. The van der Waals surface area contributed by atoms with E-state index in [4.69, 9.17) is 0 Å². The van der Waals surface area contributed by atoms with Gasteiger partial charge in [-0.05, 0) is 11.6 Å². The molecule has 0 aliphatic carbocycles. The first-order chi connectivity index (χ1) is 6.47. The van der Waals surface area contributed by atoms with Crippen LogP contribution >= 0.6 is 23.2 Å². The lowest BCUT2D eigenvalue weighted by Crippen LogP contribution is -2.52. The minimum atomic E-state index is -5.66. The van der Waals surface area contributed by atoms with Crippen LogP contribution in [0.1, 0.15) is 0 Å². The van der Waals surface area contributed by atoms with Crippen LogP contribution in [0, 0.1) is 0 Å². The van der Waals surface area contributed by atoms with Gasteiger partial charge in [0.25, 0.3) is 0 Å². The molecule has 0 saturated carbocycles. The van der Waals surface area contributed by atoms with E-state index in [0.29, 0.717) is 0 Å². The highest BCUT2D eigenvalue weighted by Crippen LogP contribution is 2.45. The number of alkyl halides is 8.